The molecule has 0 aromatic carbocycles. The summed E-state index contributed by atoms with van der Waals surface area (Å²) in [5.74, 6) is -3.32. The van der Waals surface area contributed by atoms with Gasteiger partial charge in [0.2, 0.25) is 29.6 Å². The normalized spacial score (nSPS) is 28.4. The zero-order valence-electron chi connectivity index (χ0n) is 15.5. The minimum Gasteiger partial charge on any atom is -0.474 e. The number of quaternary nitrogens is 1. The summed E-state index contributed by atoms with van der Waals surface area (Å²) in [4.78, 5) is 63.9. The van der Waals surface area contributed by atoms with Crippen LogP contribution in [0.15, 0.2) is 44.6 Å². The predicted molar refractivity (Wildman–Crippen MR) is 106 cm³/mol. The molecule has 1 saturated heterocycles. The van der Waals surface area contributed by atoms with E-state index in [0.717, 1.165) is 9.44 Å². The summed E-state index contributed by atoms with van der Waals surface area (Å²) in [6.45, 7) is 0. The molecule has 5 heterocycles. The molecule has 1 spiro atoms. The summed E-state index contributed by atoms with van der Waals surface area (Å²) in [7, 11) is 0. The fourth-order valence-electron chi connectivity index (χ4n) is 4.55. The zero-order chi connectivity index (χ0) is 22.1. The predicted octanol–water partition coefficient (Wildman–Crippen LogP) is -0.255. The number of hydrogen-bond donors (Lipinski definition) is 3. The van der Waals surface area contributed by atoms with Crippen LogP contribution in [0, 0.1) is 5.82 Å². The molecule has 4 atom stereocenters. The van der Waals surface area contributed by atoms with Gasteiger partial charge in [0.05, 0.1) is 18.2 Å². The largest absolute Gasteiger partial charge is 0.474 e. The van der Waals surface area contributed by atoms with Crippen molar-refractivity contribution in [3.63, 3.8) is 0 Å². The lowest BCUT2D eigenvalue weighted by Crippen LogP contribution is -2.87. The maximum atomic E-state index is 13.9. The SMILES string of the molecule is O=C(Cc1cccs1)N[C@@H]1C(=O)[N+]23C(C(=O)O)=C(CS[C@@H]12)C3n1cc(F)c(=O)[nH]c1=O. The molecule has 13 heteroatoms. The van der Waals surface area contributed by atoms with Gasteiger partial charge in [-0.15, -0.1) is 11.3 Å². The first-order valence-electron chi connectivity index (χ1n) is 9.11. The number of thiophene rings is 1. The second kappa shape index (κ2) is 6.73. The highest BCUT2D eigenvalue weighted by Gasteiger charge is 2.81. The van der Waals surface area contributed by atoms with E-state index in [1.54, 1.807) is 12.1 Å². The molecule has 5 rings (SSSR count). The summed E-state index contributed by atoms with van der Waals surface area (Å²) in [6, 6.07) is 2.64. The molecule has 1 fully saturated rings. The molecule has 2 aromatic rings. The van der Waals surface area contributed by atoms with E-state index in [1.807, 2.05) is 10.4 Å². The lowest BCUT2D eigenvalue weighted by Gasteiger charge is -2.63. The number of carboxylic acid groups (broad SMARTS) is 1. The van der Waals surface area contributed by atoms with Gasteiger partial charge in [-0.2, -0.15) is 8.87 Å². The number of aromatic amines is 1. The van der Waals surface area contributed by atoms with Crippen LogP contribution in [0.4, 0.5) is 4.39 Å². The number of hydrogen-bond acceptors (Lipinski definition) is 7. The van der Waals surface area contributed by atoms with Crippen LogP contribution >= 0.6 is 23.1 Å². The van der Waals surface area contributed by atoms with E-state index < -0.39 is 51.0 Å². The third-order valence-electron chi connectivity index (χ3n) is 5.72. The number of carbonyl (C=O) groups is 3. The van der Waals surface area contributed by atoms with Crippen molar-refractivity contribution in [2.24, 2.45) is 0 Å². The quantitative estimate of drug-likeness (QED) is 0.409. The number of aliphatic carboxylic acids is 1. The van der Waals surface area contributed by atoms with Crippen molar-refractivity contribution < 1.29 is 28.4 Å². The van der Waals surface area contributed by atoms with Gasteiger partial charge in [0.1, 0.15) is 0 Å². The molecule has 3 aliphatic rings. The molecule has 2 unspecified atom stereocenters. The Kier molecular flexibility index (Phi) is 4.32. The van der Waals surface area contributed by atoms with Gasteiger partial charge in [-0.1, -0.05) is 17.8 Å². The van der Waals surface area contributed by atoms with E-state index in [0.29, 0.717) is 11.8 Å². The molecule has 10 nitrogen and oxygen atoms in total. The molecule has 3 N–H and O–H groups in total. The number of aromatic nitrogens is 2. The lowest BCUT2D eigenvalue weighted by atomic mass is 9.84. The van der Waals surface area contributed by atoms with E-state index in [9.17, 15) is 33.5 Å². The fourth-order valence-corrected chi connectivity index (χ4v) is 6.83. The Labute approximate surface area is 180 Å². The average molecular weight is 465 g/mol. The molecule has 2 aromatic heterocycles. The molecule has 0 aliphatic carbocycles. The van der Waals surface area contributed by atoms with Crippen molar-refractivity contribution in [2.45, 2.75) is 24.0 Å². The van der Waals surface area contributed by atoms with E-state index in [1.165, 1.54) is 23.1 Å². The first kappa shape index (κ1) is 19.9. The molecule has 160 valence electrons. The molecule has 2 amide bonds. The highest BCUT2D eigenvalue weighted by Crippen LogP contribution is 2.63. The first-order chi connectivity index (χ1) is 14.8. The van der Waals surface area contributed by atoms with Crippen LogP contribution in [0.1, 0.15) is 11.0 Å². The Morgan fingerprint density at radius 2 is 2.13 bits per heavy atom. The number of nitrogens with one attached hydrogen (secondary N) is 2. The summed E-state index contributed by atoms with van der Waals surface area (Å²) in [6.07, 6.45) is -0.304. The van der Waals surface area contributed by atoms with Gasteiger partial charge in [0.15, 0.2) is 5.37 Å². The Hall–Kier alpha value is -3.03. The molecule has 0 radical (unpaired) electrons. The number of thioether (sulfide) groups is 1. The first-order valence-corrected chi connectivity index (χ1v) is 11.0. The Morgan fingerprint density at radius 1 is 1.35 bits per heavy atom. The molecular formula is C18H14FN4O6S2+. The Morgan fingerprint density at radius 3 is 2.81 bits per heavy atom. The Balaban J connectivity index is 1.50. The maximum Gasteiger partial charge on any atom is 0.391 e. The standard InChI is InChI=1S/C18H13FN4O6S2/c19-9-5-22(18(29)21-13(9)25)14-8-6-31-16-11(15(26)23(14,16)12(8)17(27)28)20-10(24)4-7-2-1-3-30-7/h1-3,5,11,14,16H,4,6H2,(H2-,20,21,24,25,27,28,29)/p+1/t11-,14?,16+,23?/m1/s1. The van der Waals surface area contributed by atoms with Crippen molar-refractivity contribution in [3.05, 3.63) is 66.5 Å². The van der Waals surface area contributed by atoms with Crippen molar-refractivity contribution in [1.82, 2.24) is 14.9 Å². The number of nitrogens with zero attached hydrogens (tertiary/aromatic N) is 2. The average Bonchev–Trinajstić information content (AvgIpc) is 3.21. The van der Waals surface area contributed by atoms with Gasteiger partial charge >= 0.3 is 17.6 Å². The van der Waals surface area contributed by atoms with E-state index in [-0.39, 0.29) is 23.8 Å². The number of carbonyl (C=O) groups excluding carboxylic acids is 2. The number of halogens is 1. The summed E-state index contributed by atoms with van der Waals surface area (Å²) >= 11 is 2.69. The van der Waals surface area contributed by atoms with Crippen LogP contribution in [0.5, 0.6) is 0 Å². The topological polar surface area (TPSA) is 138 Å². The minimum absolute atomic E-state index is 0.0831. The van der Waals surface area contributed by atoms with Gasteiger partial charge < -0.3 is 10.4 Å². The van der Waals surface area contributed by atoms with Crippen molar-refractivity contribution >= 4 is 40.9 Å². The minimum atomic E-state index is -1.31. The maximum absolute atomic E-state index is 13.9. The van der Waals surface area contributed by atoms with Gasteiger partial charge in [-0.05, 0) is 11.4 Å². The van der Waals surface area contributed by atoms with Crippen LogP contribution in [-0.2, 0) is 20.8 Å². The summed E-state index contributed by atoms with van der Waals surface area (Å²) < 4.78 is 14.0. The highest BCUT2D eigenvalue weighted by molar-refractivity contribution is 8.00. The van der Waals surface area contributed by atoms with E-state index in [4.69, 9.17) is 0 Å². The van der Waals surface area contributed by atoms with Crippen LogP contribution in [0.2, 0.25) is 0 Å². The number of rotatable bonds is 5. The Bertz CT molecular complexity index is 1300. The smallest absolute Gasteiger partial charge is 0.391 e. The summed E-state index contributed by atoms with van der Waals surface area (Å²) in [5, 5.41) is 13.5. The van der Waals surface area contributed by atoms with Crippen LogP contribution in [0.3, 0.4) is 0 Å². The second-order valence-corrected chi connectivity index (χ2v) is 9.45. The number of amides is 2. The van der Waals surface area contributed by atoms with Gasteiger partial charge in [-0.3, -0.25) is 14.6 Å². The van der Waals surface area contributed by atoms with Crippen molar-refractivity contribution in [2.75, 3.05) is 5.75 Å². The van der Waals surface area contributed by atoms with Gasteiger partial charge in [0.25, 0.3) is 5.56 Å². The van der Waals surface area contributed by atoms with Gasteiger partial charge in [-0.25, -0.2) is 19.0 Å². The van der Waals surface area contributed by atoms with Crippen LogP contribution in [0.25, 0.3) is 0 Å². The molecular weight excluding hydrogens is 451 g/mol. The monoisotopic (exact) mass is 465 g/mol. The zero-order valence-corrected chi connectivity index (χ0v) is 17.2. The van der Waals surface area contributed by atoms with Crippen LogP contribution < -0.4 is 16.6 Å². The second-order valence-electron chi connectivity index (χ2n) is 7.31. The number of H-pyrrole nitrogens is 1. The van der Waals surface area contributed by atoms with E-state index >= 15 is 0 Å². The fraction of sp³-hybridized carbons (Fsp3) is 0.278. The van der Waals surface area contributed by atoms with Gasteiger partial charge in [0, 0.05) is 10.6 Å². The molecule has 3 aliphatic heterocycles. The van der Waals surface area contributed by atoms with Crippen LogP contribution in [-0.4, -0.2) is 54.1 Å². The molecule has 0 saturated carbocycles. The van der Waals surface area contributed by atoms with Crippen molar-refractivity contribution in [3.8, 4) is 0 Å². The summed E-state index contributed by atoms with van der Waals surface area (Å²) in [5.41, 5.74) is -2.01. The lowest BCUT2D eigenvalue weighted by molar-refractivity contribution is -0.910. The van der Waals surface area contributed by atoms with E-state index in [2.05, 4.69) is 5.32 Å². The molecule has 2 bridgehead atoms. The number of carboxylic acids is 1. The van der Waals surface area contributed by atoms with Crippen molar-refractivity contribution in [1.29, 1.82) is 0 Å². The number of β-lactam (4-membered cyclic amide) rings is 1. The highest BCUT2D eigenvalue weighted by atomic mass is 32.2. The third kappa shape index (κ3) is 2.56. The third-order valence-corrected chi connectivity index (χ3v) is 8.02. The molecule has 31 heavy (non-hydrogen) atoms.